The summed E-state index contributed by atoms with van der Waals surface area (Å²) in [7, 11) is 1.92. The molecular formula is C24H34N4O3. The molecule has 3 rings (SSSR count). The molecule has 1 aliphatic rings. The Morgan fingerprint density at radius 2 is 2.06 bits per heavy atom. The molecule has 2 aromatic heterocycles. The van der Waals surface area contributed by atoms with Crippen LogP contribution < -0.4 is 9.64 Å². The molecule has 168 valence electrons. The van der Waals surface area contributed by atoms with E-state index in [2.05, 4.69) is 25.8 Å². The van der Waals surface area contributed by atoms with Crippen LogP contribution >= 0.6 is 0 Å². The Labute approximate surface area is 184 Å². The molecule has 0 saturated heterocycles. The molecule has 0 aromatic carbocycles. The van der Waals surface area contributed by atoms with E-state index in [0.717, 1.165) is 36.3 Å². The highest BCUT2D eigenvalue weighted by Crippen LogP contribution is 2.31. The molecule has 1 aliphatic carbocycles. The van der Waals surface area contributed by atoms with Gasteiger partial charge in [-0.15, -0.1) is 0 Å². The third-order valence-corrected chi connectivity index (χ3v) is 5.29. The largest absolute Gasteiger partial charge is 0.491 e. The molecule has 2 heterocycles. The van der Waals surface area contributed by atoms with E-state index in [1.165, 1.54) is 0 Å². The Hall–Kier alpha value is -2.54. The highest BCUT2D eigenvalue weighted by molar-refractivity contribution is 5.84. The van der Waals surface area contributed by atoms with Crippen molar-refractivity contribution in [1.82, 2.24) is 15.0 Å². The number of hydrogen-bond acceptors (Lipinski definition) is 7. The molecule has 2 aromatic rings. The van der Waals surface area contributed by atoms with Crippen LogP contribution in [0.1, 0.15) is 58.2 Å². The van der Waals surface area contributed by atoms with E-state index in [4.69, 9.17) is 14.7 Å². The minimum Gasteiger partial charge on any atom is -0.491 e. The topological polar surface area (TPSA) is 88.4 Å². The lowest BCUT2D eigenvalue weighted by Crippen LogP contribution is -2.30. The Morgan fingerprint density at radius 3 is 2.77 bits per heavy atom. The lowest BCUT2D eigenvalue weighted by molar-refractivity contribution is -0.119. The van der Waals surface area contributed by atoms with Crippen molar-refractivity contribution in [3.05, 3.63) is 29.6 Å². The number of carbonyl (C=O) groups excluding carboxylic acids is 1. The van der Waals surface area contributed by atoms with Crippen molar-refractivity contribution in [3.8, 4) is 17.3 Å². The molecule has 0 amide bonds. The molecule has 0 saturated carbocycles. The van der Waals surface area contributed by atoms with Gasteiger partial charge in [0.25, 0.3) is 0 Å². The Balaban J connectivity index is 1.86. The van der Waals surface area contributed by atoms with Crippen molar-refractivity contribution in [3.63, 3.8) is 0 Å². The maximum atomic E-state index is 12.6. The second-order valence-electron chi connectivity index (χ2n) is 9.53. The van der Waals surface area contributed by atoms with E-state index in [0.29, 0.717) is 36.7 Å². The van der Waals surface area contributed by atoms with Crippen molar-refractivity contribution in [2.75, 3.05) is 25.1 Å². The average Bonchev–Trinajstić information content (AvgIpc) is 3.18. The maximum absolute atomic E-state index is 12.6. The van der Waals surface area contributed by atoms with Crippen LogP contribution in [0.15, 0.2) is 18.3 Å². The Kier molecular flexibility index (Phi) is 7.26. The van der Waals surface area contributed by atoms with Crippen molar-refractivity contribution >= 4 is 11.6 Å². The van der Waals surface area contributed by atoms with Crippen LogP contribution in [0.4, 0.5) is 5.82 Å². The number of nitrogens with zero attached hydrogens (tertiary/aromatic N) is 4. The SMILES string of the molecule is CCC(O)COc1ccnc(-c2nc3c(c(N(C)CC(=O)CC(C)(C)C)n2)CCC3)c1. The summed E-state index contributed by atoms with van der Waals surface area (Å²) in [5.74, 6) is 2.17. The number of hydrogen-bond donors (Lipinski definition) is 1. The van der Waals surface area contributed by atoms with Gasteiger partial charge in [-0.1, -0.05) is 27.7 Å². The van der Waals surface area contributed by atoms with Gasteiger partial charge in [0.1, 0.15) is 23.9 Å². The van der Waals surface area contributed by atoms with Crippen molar-refractivity contribution in [2.45, 2.75) is 65.9 Å². The Morgan fingerprint density at radius 1 is 1.29 bits per heavy atom. The lowest BCUT2D eigenvalue weighted by atomic mass is 9.90. The fraction of sp³-hybridized carbons (Fsp3) is 0.583. The average molecular weight is 427 g/mol. The fourth-order valence-electron chi connectivity index (χ4n) is 3.76. The van der Waals surface area contributed by atoms with Crippen LogP contribution in [0.25, 0.3) is 11.5 Å². The van der Waals surface area contributed by atoms with Gasteiger partial charge in [0, 0.05) is 37.0 Å². The zero-order chi connectivity index (χ0) is 22.6. The first-order chi connectivity index (χ1) is 14.7. The zero-order valence-corrected chi connectivity index (χ0v) is 19.3. The quantitative estimate of drug-likeness (QED) is 0.655. The van der Waals surface area contributed by atoms with Crippen LogP contribution in [0, 0.1) is 5.41 Å². The molecule has 0 aliphatic heterocycles. The fourth-order valence-corrected chi connectivity index (χ4v) is 3.76. The van der Waals surface area contributed by atoms with Gasteiger partial charge in [0.15, 0.2) is 11.6 Å². The molecule has 7 heteroatoms. The predicted molar refractivity (Wildman–Crippen MR) is 121 cm³/mol. The second-order valence-corrected chi connectivity index (χ2v) is 9.53. The van der Waals surface area contributed by atoms with Crippen LogP contribution in [0.2, 0.25) is 0 Å². The van der Waals surface area contributed by atoms with Crippen molar-refractivity contribution in [1.29, 1.82) is 0 Å². The molecule has 1 atom stereocenters. The smallest absolute Gasteiger partial charge is 0.180 e. The van der Waals surface area contributed by atoms with E-state index in [1.54, 1.807) is 18.3 Å². The summed E-state index contributed by atoms with van der Waals surface area (Å²) in [4.78, 5) is 28.5. The standard InChI is InChI=1S/C24H34N4O3/c1-6-16(29)15-31-18-10-11-25-21(12-18)22-26-20-9-7-8-19(20)23(27-22)28(5)14-17(30)13-24(2,3)4/h10-12,16,29H,6-9,13-15H2,1-5H3. The number of likely N-dealkylation sites (N-methyl/N-ethyl adjacent to an activating group) is 1. The van der Waals surface area contributed by atoms with Crippen LogP contribution in [-0.2, 0) is 17.6 Å². The summed E-state index contributed by atoms with van der Waals surface area (Å²) in [6, 6.07) is 3.56. The molecule has 0 bridgehead atoms. The van der Waals surface area contributed by atoms with Crippen molar-refractivity contribution < 1.29 is 14.6 Å². The summed E-state index contributed by atoms with van der Waals surface area (Å²) in [5, 5.41) is 9.75. The Bertz CT molecular complexity index is 924. The van der Waals surface area contributed by atoms with Gasteiger partial charge >= 0.3 is 0 Å². The number of anilines is 1. The monoisotopic (exact) mass is 426 g/mol. The van der Waals surface area contributed by atoms with E-state index in [9.17, 15) is 9.90 Å². The van der Waals surface area contributed by atoms with E-state index < -0.39 is 6.10 Å². The molecule has 31 heavy (non-hydrogen) atoms. The third-order valence-electron chi connectivity index (χ3n) is 5.29. The number of fused-ring (bicyclic) bond motifs is 1. The first-order valence-electron chi connectivity index (χ1n) is 11.1. The van der Waals surface area contributed by atoms with Gasteiger partial charge < -0.3 is 14.7 Å². The number of rotatable bonds is 9. The van der Waals surface area contributed by atoms with Crippen molar-refractivity contribution in [2.24, 2.45) is 5.41 Å². The van der Waals surface area contributed by atoms with E-state index in [1.807, 2.05) is 18.9 Å². The molecule has 0 radical (unpaired) electrons. The maximum Gasteiger partial charge on any atom is 0.180 e. The molecule has 1 unspecified atom stereocenters. The normalized spacial score (nSPS) is 14.3. The van der Waals surface area contributed by atoms with Crippen LogP contribution in [-0.4, -0.2) is 52.1 Å². The molecule has 0 spiro atoms. The number of ketones is 1. The van der Waals surface area contributed by atoms with E-state index in [-0.39, 0.29) is 17.8 Å². The van der Waals surface area contributed by atoms with Gasteiger partial charge in [-0.2, -0.15) is 0 Å². The highest BCUT2D eigenvalue weighted by Gasteiger charge is 2.24. The summed E-state index contributed by atoms with van der Waals surface area (Å²) in [6.45, 7) is 8.69. The molecule has 0 fully saturated rings. The summed E-state index contributed by atoms with van der Waals surface area (Å²) in [6.07, 6.45) is 5.19. The summed E-state index contributed by atoms with van der Waals surface area (Å²) >= 11 is 0. The third kappa shape index (κ3) is 6.23. The summed E-state index contributed by atoms with van der Waals surface area (Å²) in [5.41, 5.74) is 2.75. The summed E-state index contributed by atoms with van der Waals surface area (Å²) < 4.78 is 5.69. The lowest BCUT2D eigenvalue weighted by Gasteiger charge is -2.23. The number of pyridine rings is 1. The highest BCUT2D eigenvalue weighted by atomic mass is 16.5. The number of aliphatic hydroxyl groups excluding tert-OH is 1. The molecular weight excluding hydrogens is 392 g/mol. The van der Waals surface area contributed by atoms with Gasteiger partial charge in [0.05, 0.1) is 12.6 Å². The van der Waals surface area contributed by atoms with Gasteiger partial charge in [-0.3, -0.25) is 9.78 Å². The predicted octanol–water partition coefficient (Wildman–Crippen LogP) is 3.62. The zero-order valence-electron chi connectivity index (χ0n) is 19.3. The number of aromatic nitrogens is 3. The number of aryl methyl sites for hydroxylation is 1. The molecule has 7 nitrogen and oxygen atoms in total. The van der Waals surface area contributed by atoms with E-state index >= 15 is 0 Å². The van der Waals surface area contributed by atoms with Gasteiger partial charge in [0.2, 0.25) is 0 Å². The second kappa shape index (κ2) is 9.73. The first kappa shape index (κ1) is 23.1. The first-order valence-corrected chi connectivity index (χ1v) is 11.1. The minimum atomic E-state index is -0.501. The van der Waals surface area contributed by atoms with Crippen LogP contribution in [0.5, 0.6) is 5.75 Å². The number of aliphatic hydroxyl groups is 1. The van der Waals surface area contributed by atoms with Gasteiger partial charge in [-0.25, -0.2) is 9.97 Å². The number of ether oxygens (including phenoxy) is 1. The number of Topliss-reactive ketones (excluding diaryl/α,β-unsaturated/α-hetero) is 1. The molecule has 1 N–H and O–H groups in total. The number of carbonyl (C=O) groups is 1. The van der Waals surface area contributed by atoms with Gasteiger partial charge in [-0.05, 0) is 37.2 Å². The minimum absolute atomic E-state index is 0.0353. The van der Waals surface area contributed by atoms with Crippen LogP contribution in [0.3, 0.4) is 0 Å².